The third kappa shape index (κ3) is 5.67. The highest BCUT2D eigenvalue weighted by atomic mass is 16.5. The summed E-state index contributed by atoms with van der Waals surface area (Å²) in [6, 6.07) is 4.25. The van der Waals surface area contributed by atoms with Gasteiger partial charge in [0.2, 0.25) is 0 Å². The van der Waals surface area contributed by atoms with Crippen molar-refractivity contribution < 1.29 is 4.74 Å². The topological polar surface area (TPSA) is 67.4 Å². The summed E-state index contributed by atoms with van der Waals surface area (Å²) in [5.41, 5.74) is 4.45. The van der Waals surface area contributed by atoms with Crippen LogP contribution in [0.1, 0.15) is 55.9 Å². The van der Waals surface area contributed by atoms with Crippen molar-refractivity contribution in [3.63, 3.8) is 0 Å². The Hall–Kier alpha value is -2.14. The van der Waals surface area contributed by atoms with Crippen LogP contribution in [0.15, 0.2) is 21.7 Å². The molecular weight excluding hydrogens is 340 g/mol. The highest BCUT2D eigenvalue weighted by Gasteiger charge is 2.24. The summed E-state index contributed by atoms with van der Waals surface area (Å²) in [4.78, 5) is 23.5. The molecule has 1 saturated heterocycles. The Labute approximate surface area is 161 Å². The zero-order valence-electron chi connectivity index (χ0n) is 17.4. The number of rotatable bonds is 4. The molecule has 0 spiro atoms. The number of anilines is 2. The van der Waals surface area contributed by atoms with Crippen LogP contribution in [0, 0.1) is 20.8 Å². The van der Waals surface area contributed by atoms with Gasteiger partial charge in [-0.2, -0.15) is 0 Å². The van der Waals surface area contributed by atoms with Gasteiger partial charge in [-0.15, -0.1) is 0 Å². The second-order valence-electron chi connectivity index (χ2n) is 8.33. The Kier molecular flexibility index (Phi) is 6.82. The lowest BCUT2D eigenvalue weighted by Gasteiger charge is -2.25. The first-order valence-electron chi connectivity index (χ1n) is 9.60. The summed E-state index contributed by atoms with van der Waals surface area (Å²) in [7, 11) is 0. The van der Waals surface area contributed by atoms with Crippen molar-refractivity contribution in [2.75, 3.05) is 23.8 Å². The SMILES string of the molecule is C1CCOC1.Cc1cc(C)c(CNc2c(NC(C)(C)C)c(=O)c2=O)c(C)c1. The van der Waals surface area contributed by atoms with Crippen molar-refractivity contribution in [2.45, 2.75) is 66.5 Å². The minimum Gasteiger partial charge on any atom is -0.381 e. The molecule has 0 radical (unpaired) electrons. The first-order valence-corrected chi connectivity index (χ1v) is 9.60. The van der Waals surface area contributed by atoms with Crippen LogP contribution in [0.25, 0.3) is 0 Å². The number of hydrogen-bond donors (Lipinski definition) is 2. The van der Waals surface area contributed by atoms with Gasteiger partial charge in [0.25, 0.3) is 10.9 Å². The summed E-state index contributed by atoms with van der Waals surface area (Å²) in [6.07, 6.45) is 2.56. The molecule has 3 rings (SSSR count). The fourth-order valence-corrected chi connectivity index (χ4v) is 3.23. The van der Waals surface area contributed by atoms with Crippen LogP contribution in [0.2, 0.25) is 0 Å². The van der Waals surface area contributed by atoms with E-state index in [1.54, 1.807) is 0 Å². The van der Waals surface area contributed by atoms with Gasteiger partial charge in [-0.3, -0.25) is 9.59 Å². The number of nitrogens with one attached hydrogen (secondary N) is 2. The fourth-order valence-electron chi connectivity index (χ4n) is 3.23. The van der Waals surface area contributed by atoms with Gasteiger partial charge >= 0.3 is 0 Å². The highest BCUT2D eigenvalue weighted by molar-refractivity contribution is 5.74. The quantitative estimate of drug-likeness (QED) is 0.799. The minimum absolute atomic E-state index is 0.256. The van der Waals surface area contributed by atoms with Crippen LogP contribution in [0.5, 0.6) is 0 Å². The van der Waals surface area contributed by atoms with E-state index in [0.29, 0.717) is 17.9 Å². The molecule has 5 nitrogen and oxygen atoms in total. The summed E-state index contributed by atoms with van der Waals surface area (Å²) >= 11 is 0. The molecule has 5 heteroatoms. The van der Waals surface area contributed by atoms with E-state index in [4.69, 9.17) is 4.74 Å². The van der Waals surface area contributed by atoms with Gasteiger partial charge in [0, 0.05) is 25.3 Å². The summed E-state index contributed by atoms with van der Waals surface area (Å²) in [5.74, 6) is 0. The molecule has 2 aromatic carbocycles. The molecule has 1 aliphatic rings. The van der Waals surface area contributed by atoms with E-state index >= 15 is 0 Å². The Morgan fingerprint density at radius 1 is 0.926 bits per heavy atom. The minimum atomic E-state index is -0.436. The molecule has 1 fully saturated rings. The Morgan fingerprint density at radius 3 is 1.89 bits per heavy atom. The van der Waals surface area contributed by atoms with Gasteiger partial charge in [0.05, 0.1) is 0 Å². The highest BCUT2D eigenvalue weighted by Crippen LogP contribution is 2.22. The standard InChI is InChI=1S/C18H24N2O2.C4H8O/c1-10-7-11(2)13(12(3)8-10)9-19-14-15(17(22)16(14)21)20-18(4,5)6;1-2-4-5-3-1/h7-8,19-20H,9H2,1-6H3;1-4H2. The third-order valence-corrected chi connectivity index (χ3v) is 4.52. The van der Waals surface area contributed by atoms with Crippen LogP contribution in [0.4, 0.5) is 11.4 Å². The predicted octanol–water partition coefficient (Wildman–Crippen LogP) is 3.83. The molecular formula is C22H32N2O3. The molecule has 148 valence electrons. The number of ether oxygens (including phenoxy) is 1. The normalized spacial score (nSPS) is 14.0. The lowest BCUT2D eigenvalue weighted by Crippen LogP contribution is -2.41. The smallest absolute Gasteiger partial charge is 0.253 e. The average Bonchev–Trinajstić information content (AvgIpc) is 3.14. The molecule has 0 unspecified atom stereocenters. The van der Waals surface area contributed by atoms with Crippen molar-refractivity contribution in [2.24, 2.45) is 0 Å². The zero-order chi connectivity index (χ0) is 20.2. The van der Waals surface area contributed by atoms with Crippen molar-refractivity contribution in [3.8, 4) is 0 Å². The second kappa shape index (κ2) is 8.70. The van der Waals surface area contributed by atoms with Crippen LogP contribution < -0.4 is 21.5 Å². The van der Waals surface area contributed by atoms with Crippen molar-refractivity contribution in [1.82, 2.24) is 0 Å². The maximum Gasteiger partial charge on any atom is 0.253 e. The van der Waals surface area contributed by atoms with Crippen molar-refractivity contribution in [3.05, 3.63) is 54.8 Å². The van der Waals surface area contributed by atoms with E-state index in [-0.39, 0.29) is 5.54 Å². The first-order chi connectivity index (χ1) is 12.6. The molecule has 0 aromatic heterocycles. The predicted molar refractivity (Wildman–Crippen MR) is 113 cm³/mol. The molecule has 0 atom stereocenters. The number of benzene rings is 1. The Morgan fingerprint density at radius 2 is 1.44 bits per heavy atom. The molecule has 2 aromatic rings. The van der Waals surface area contributed by atoms with Crippen LogP contribution in [-0.2, 0) is 11.3 Å². The van der Waals surface area contributed by atoms with E-state index in [9.17, 15) is 9.59 Å². The molecule has 0 bridgehead atoms. The molecule has 0 aliphatic carbocycles. The summed E-state index contributed by atoms with van der Waals surface area (Å²) in [6.45, 7) is 14.6. The van der Waals surface area contributed by atoms with E-state index in [1.165, 1.54) is 35.1 Å². The molecule has 0 saturated carbocycles. The van der Waals surface area contributed by atoms with Gasteiger partial charge in [-0.05, 0) is 71.1 Å². The van der Waals surface area contributed by atoms with Gasteiger partial charge < -0.3 is 15.4 Å². The first kappa shape index (κ1) is 21.2. The molecule has 0 amide bonds. The molecule has 1 aliphatic heterocycles. The molecule has 27 heavy (non-hydrogen) atoms. The van der Waals surface area contributed by atoms with E-state index < -0.39 is 10.9 Å². The van der Waals surface area contributed by atoms with Crippen molar-refractivity contribution in [1.29, 1.82) is 0 Å². The Balaban J connectivity index is 0.000000451. The lowest BCUT2D eigenvalue weighted by atomic mass is 9.99. The van der Waals surface area contributed by atoms with Gasteiger partial charge in [-0.1, -0.05) is 17.7 Å². The summed E-state index contributed by atoms with van der Waals surface area (Å²) < 4.78 is 4.94. The van der Waals surface area contributed by atoms with Crippen molar-refractivity contribution >= 4 is 11.4 Å². The lowest BCUT2D eigenvalue weighted by molar-refractivity contribution is 0.198. The maximum absolute atomic E-state index is 11.8. The van der Waals surface area contributed by atoms with Gasteiger partial charge in [-0.25, -0.2) is 0 Å². The van der Waals surface area contributed by atoms with Gasteiger partial charge in [0.1, 0.15) is 11.4 Å². The molecule has 2 N–H and O–H groups in total. The Bertz CT molecular complexity index is 821. The monoisotopic (exact) mass is 372 g/mol. The maximum atomic E-state index is 11.8. The van der Waals surface area contributed by atoms with Crippen LogP contribution in [0.3, 0.4) is 0 Å². The van der Waals surface area contributed by atoms with E-state index in [1.807, 2.05) is 20.8 Å². The zero-order valence-corrected chi connectivity index (χ0v) is 17.4. The fraction of sp³-hybridized carbons (Fsp3) is 0.545. The average molecular weight is 373 g/mol. The van der Waals surface area contributed by atoms with Gasteiger partial charge in [0.15, 0.2) is 0 Å². The van der Waals surface area contributed by atoms with Crippen LogP contribution in [-0.4, -0.2) is 18.8 Å². The largest absolute Gasteiger partial charge is 0.381 e. The van der Waals surface area contributed by atoms with E-state index in [2.05, 4.69) is 43.5 Å². The number of hydrogen-bond acceptors (Lipinski definition) is 5. The summed E-state index contributed by atoms with van der Waals surface area (Å²) in [5, 5.41) is 6.24. The number of aryl methyl sites for hydroxylation is 3. The third-order valence-electron chi connectivity index (χ3n) is 4.52. The molecule has 1 heterocycles. The van der Waals surface area contributed by atoms with E-state index in [0.717, 1.165) is 13.2 Å². The second-order valence-corrected chi connectivity index (χ2v) is 8.33. The van der Waals surface area contributed by atoms with Crippen LogP contribution >= 0.6 is 0 Å².